The third-order valence-electron chi connectivity index (χ3n) is 7.20. The fourth-order valence-corrected chi connectivity index (χ4v) is 5.11. The van der Waals surface area contributed by atoms with Crippen LogP contribution in [0, 0.1) is 11.8 Å². The van der Waals surface area contributed by atoms with Gasteiger partial charge < -0.3 is 14.8 Å². The number of hydrogen-bond acceptors (Lipinski definition) is 6. The van der Waals surface area contributed by atoms with Gasteiger partial charge in [0.2, 0.25) is 0 Å². The summed E-state index contributed by atoms with van der Waals surface area (Å²) in [6, 6.07) is 17.9. The molecule has 1 aliphatic heterocycles. The minimum Gasteiger partial charge on any atom is -0.468 e. The van der Waals surface area contributed by atoms with Gasteiger partial charge >= 0.3 is 11.9 Å². The number of esters is 2. The van der Waals surface area contributed by atoms with E-state index in [0.717, 1.165) is 22.4 Å². The van der Waals surface area contributed by atoms with Crippen LogP contribution in [0.25, 0.3) is 11.1 Å². The third kappa shape index (κ3) is 4.72. The van der Waals surface area contributed by atoms with Crippen LogP contribution in [0.4, 0.5) is 0 Å². The van der Waals surface area contributed by atoms with Gasteiger partial charge in [0, 0.05) is 22.9 Å². The molecule has 1 heterocycles. The Morgan fingerprint density at radius 3 is 2.31 bits per heavy atom. The topological polar surface area (TPSA) is 81.7 Å². The first kappa shape index (κ1) is 25.4. The quantitative estimate of drug-likeness (QED) is 0.439. The maximum absolute atomic E-state index is 13.8. The molecule has 0 saturated carbocycles. The first-order valence-corrected chi connectivity index (χ1v) is 12.5. The molecule has 1 aliphatic carbocycles. The van der Waals surface area contributed by atoms with E-state index in [4.69, 9.17) is 9.47 Å². The summed E-state index contributed by atoms with van der Waals surface area (Å²) in [6.07, 6.45) is 0.917. The molecule has 1 N–H and O–H groups in total. The molecule has 0 saturated heterocycles. The van der Waals surface area contributed by atoms with Crippen molar-refractivity contribution in [2.24, 2.45) is 11.8 Å². The van der Waals surface area contributed by atoms with Gasteiger partial charge in [-0.2, -0.15) is 0 Å². The van der Waals surface area contributed by atoms with E-state index in [2.05, 4.69) is 5.32 Å². The van der Waals surface area contributed by atoms with Gasteiger partial charge in [-0.3, -0.25) is 9.59 Å². The maximum atomic E-state index is 13.8. The molecule has 2 aliphatic rings. The second-order valence-electron chi connectivity index (χ2n) is 9.65. The van der Waals surface area contributed by atoms with Gasteiger partial charge in [0.05, 0.1) is 18.8 Å². The third-order valence-corrected chi connectivity index (χ3v) is 7.20. The Balaban J connectivity index is 1.83. The normalized spacial score (nSPS) is 22.5. The van der Waals surface area contributed by atoms with E-state index in [1.165, 1.54) is 7.11 Å². The van der Waals surface area contributed by atoms with Gasteiger partial charge in [-0.1, -0.05) is 68.4 Å². The van der Waals surface area contributed by atoms with E-state index in [9.17, 15) is 14.4 Å². The van der Waals surface area contributed by atoms with E-state index in [-0.39, 0.29) is 17.8 Å². The molecule has 0 spiro atoms. The fraction of sp³-hybridized carbons (Fsp3) is 0.367. The maximum Gasteiger partial charge on any atom is 0.337 e. The highest BCUT2D eigenvalue weighted by atomic mass is 16.5. The number of ketones is 1. The summed E-state index contributed by atoms with van der Waals surface area (Å²) in [6.45, 7) is 7.51. The molecule has 0 fully saturated rings. The van der Waals surface area contributed by atoms with Crippen molar-refractivity contribution in [1.82, 2.24) is 5.32 Å². The van der Waals surface area contributed by atoms with Crippen molar-refractivity contribution in [2.75, 3.05) is 7.11 Å². The van der Waals surface area contributed by atoms with Crippen LogP contribution in [0.15, 0.2) is 77.1 Å². The SMILES string of the molecule is CC[C@@H](C)OC(=O)C1=C(C)NC2=C(C(=O)[C@H](C(=O)OC)[C@@H](C)C2)[C@@H]1c1ccc(-c2ccccc2)cc1. The number of benzene rings is 2. The number of dihydropyridines is 1. The predicted octanol–water partition coefficient (Wildman–Crippen LogP) is 5.31. The van der Waals surface area contributed by atoms with Crippen molar-refractivity contribution in [2.45, 2.75) is 52.6 Å². The standard InChI is InChI=1S/C30H33NO5/c1-6-18(3)36-30(34)25-19(4)31-23-16-17(2)24(29(33)35-5)28(32)27(23)26(25)22-14-12-21(13-15-22)20-10-8-7-9-11-20/h7-15,17-18,24,26,31H,6,16H2,1-5H3/t17-,18+,24+,26+/m0/s1. The minimum atomic E-state index is -0.910. The average molecular weight is 488 g/mol. The molecule has 6 nitrogen and oxygen atoms in total. The zero-order chi connectivity index (χ0) is 26.0. The van der Waals surface area contributed by atoms with Gasteiger partial charge in [0.25, 0.3) is 0 Å². The number of hydrogen-bond donors (Lipinski definition) is 1. The molecule has 0 radical (unpaired) electrons. The van der Waals surface area contributed by atoms with Gasteiger partial charge in [-0.25, -0.2) is 4.79 Å². The Morgan fingerprint density at radius 2 is 1.69 bits per heavy atom. The molecule has 0 unspecified atom stereocenters. The number of ether oxygens (including phenoxy) is 2. The number of Topliss-reactive ketones (excluding diaryl/α,β-unsaturated/α-hetero) is 1. The minimum absolute atomic E-state index is 0.223. The first-order valence-electron chi connectivity index (χ1n) is 12.5. The Bertz CT molecular complexity index is 1230. The molecule has 188 valence electrons. The fourth-order valence-electron chi connectivity index (χ4n) is 5.11. The molecule has 2 aromatic rings. The lowest BCUT2D eigenvalue weighted by atomic mass is 9.69. The molecule has 4 rings (SSSR count). The summed E-state index contributed by atoms with van der Waals surface area (Å²) in [5.74, 6) is -3.09. The van der Waals surface area contributed by atoms with E-state index < -0.39 is 23.8 Å². The monoisotopic (exact) mass is 487 g/mol. The Morgan fingerprint density at radius 1 is 1.06 bits per heavy atom. The summed E-state index contributed by atoms with van der Waals surface area (Å²) in [5.41, 5.74) is 5.16. The van der Waals surface area contributed by atoms with Crippen LogP contribution >= 0.6 is 0 Å². The van der Waals surface area contributed by atoms with E-state index in [1.54, 1.807) is 0 Å². The van der Waals surface area contributed by atoms with Crippen molar-refractivity contribution in [1.29, 1.82) is 0 Å². The van der Waals surface area contributed by atoms with E-state index >= 15 is 0 Å². The van der Waals surface area contributed by atoms with Crippen LogP contribution in [-0.4, -0.2) is 30.9 Å². The van der Waals surface area contributed by atoms with Crippen LogP contribution in [0.3, 0.4) is 0 Å². The zero-order valence-electron chi connectivity index (χ0n) is 21.5. The van der Waals surface area contributed by atoms with E-state index in [1.807, 2.05) is 82.3 Å². The lowest BCUT2D eigenvalue weighted by Gasteiger charge is -2.38. The molecular weight excluding hydrogens is 454 g/mol. The van der Waals surface area contributed by atoms with Gasteiger partial charge in [-0.15, -0.1) is 0 Å². The van der Waals surface area contributed by atoms with Crippen LogP contribution in [0.2, 0.25) is 0 Å². The molecular formula is C30H33NO5. The van der Waals surface area contributed by atoms with Crippen molar-refractivity contribution >= 4 is 17.7 Å². The summed E-state index contributed by atoms with van der Waals surface area (Å²) >= 11 is 0. The highest BCUT2D eigenvalue weighted by molar-refractivity contribution is 6.12. The highest BCUT2D eigenvalue weighted by Crippen LogP contribution is 2.45. The second kappa shape index (κ2) is 10.5. The highest BCUT2D eigenvalue weighted by Gasteiger charge is 2.47. The first-order chi connectivity index (χ1) is 17.3. The van der Waals surface area contributed by atoms with Crippen molar-refractivity contribution in [3.63, 3.8) is 0 Å². The van der Waals surface area contributed by atoms with Crippen molar-refractivity contribution in [3.8, 4) is 11.1 Å². The van der Waals surface area contributed by atoms with Gasteiger partial charge in [-0.05, 0) is 49.3 Å². The number of allylic oxidation sites excluding steroid dienone is 3. The molecule has 0 bridgehead atoms. The summed E-state index contributed by atoms with van der Waals surface area (Å²) in [4.78, 5) is 39.8. The van der Waals surface area contributed by atoms with Crippen LogP contribution in [0.1, 0.15) is 52.0 Å². The number of carbonyl (C=O) groups excluding carboxylic acids is 3. The Labute approximate surface area is 212 Å². The summed E-state index contributed by atoms with van der Waals surface area (Å²) in [7, 11) is 1.30. The largest absolute Gasteiger partial charge is 0.468 e. The predicted molar refractivity (Wildman–Crippen MR) is 138 cm³/mol. The smallest absolute Gasteiger partial charge is 0.337 e. The lowest BCUT2D eigenvalue weighted by Crippen LogP contribution is -2.43. The van der Waals surface area contributed by atoms with Crippen molar-refractivity contribution < 1.29 is 23.9 Å². The van der Waals surface area contributed by atoms with Crippen LogP contribution < -0.4 is 5.32 Å². The molecule has 4 atom stereocenters. The molecule has 0 amide bonds. The summed E-state index contributed by atoms with van der Waals surface area (Å²) in [5, 5.41) is 3.30. The van der Waals surface area contributed by atoms with Crippen LogP contribution in [-0.2, 0) is 23.9 Å². The Hall–Kier alpha value is -3.67. The van der Waals surface area contributed by atoms with E-state index in [0.29, 0.717) is 29.7 Å². The van der Waals surface area contributed by atoms with Crippen molar-refractivity contribution in [3.05, 3.63) is 82.7 Å². The molecule has 6 heteroatoms. The zero-order valence-corrected chi connectivity index (χ0v) is 21.5. The van der Waals surface area contributed by atoms with Gasteiger partial charge in [0.1, 0.15) is 5.92 Å². The number of rotatable bonds is 6. The molecule has 2 aromatic carbocycles. The number of carbonyl (C=O) groups is 3. The summed E-state index contributed by atoms with van der Waals surface area (Å²) < 4.78 is 10.7. The van der Waals surface area contributed by atoms with Gasteiger partial charge in [0.15, 0.2) is 5.78 Å². The Kier molecular flexibility index (Phi) is 7.43. The number of methoxy groups -OCH3 is 1. The van der Waals surface area contributed by atoms with Crippen LogP contribution in [0.5, 0.6) is 0 Å². The molecule has 0 aromatic heterocycles. The lowest BCUT2D eigenvalue weighted by molar-refractivity contribution is -0.151. The number of nitrogens with one attached hydrogen (secondary N) is 1. The molecule has 36 heavy (non-hydrogen) atoms. The second-order valence-corrected chi connectivity index (χ2v) is 9.65. The average Bonchev–Trinajstić information content (AvgIpc) is 2.88.